The van der Waals surface area contributed by atoms with Gasteiger partial charge in [0.25, 0.3) is 0 Å². The Morgan fingerprint density at radius 1 is 1.04 bits per heavy atom. The minimum Gasteiger partial charge on any atom is -0.493 e. The maximum atomic E-state index is 8.48. The quantitative estimate of drug-likeness (QED) is 0.529. The predicted molar refractivity (Wildman–Crippen MR) is 97.5 cm³/mol. The highest BCUT2D eigenvalue weighted by molar-refractivity contribution is 7.12. The highest BCUT2D eigenvalue weighted by Gasteiger charge is 2.18. The fraction of sp³-hybridized carbons (Fsp3) is 0.176. The Bertz CT molecular complexity index is 972. The van der Waals surface area contributed by atoms with Crippen molar-refractivity contribution in [3.8, 4) is 27.8 Å². The van der Waals surface area contributed by atoms with Gasteiger partial charge < -0.3 is 14.2 Å². The number of aromatic nitrogens is 3. The molecule has 134 valence electrons. The number of rotatable bonds is 5. The highest BCUT2D eigenvalue weighted by Crippen LogP contribution is 2.38. The molecular formula is C17H17N5O3S. The van der Waals surface area contributed by atoms with Gasteiger partial charge in [-0.05, 0) is 24.3 Å². The third-order valence-electron chi connectivity index (χ3n) is 3.65. The van der Waals surface area contributed by atoms with Gasteiger partial charge in [0, 0.05) is 23.5 Å². The Hall–Kier alpha value is -3.20. The SMILES string of the molecule is COc1cc(C(=N)n2nc(-c3ccncc3)sc2=N)cc(OC)c1OC. The van der Waals surface area contributed by atoms with Crippen LogP contribution in [0.25, 0.3) is 10.6 Å². The Balaban J connectivity index is 2.05. The molecule has 3 aromatic rings. The summed E-state index contributed by atoms with van der Waals surface area (Å²) in [6.45, 7) is 0. The zero-order chi connectivity index (χ0) is 18.7. The van der Waals surface area contributed by atoms with Gasteiger partial charge in [-0.2, -0.15) is 9.78 Å². The number of ether oxygens (including phenoxy) is 3. The van der Waals surface area contributed by atoms with E-state index >= 15 is 0 Å². The minimum atomic E-state index is 0.0332. The molecule has 0 bridgehead atoms. The topological polar surface area (TPSA) is 106 Å². The maximum absolute atomic E-state index is 8.48. The lowest BCUT2D eigenvalue weighted by molar-refractivity contribution is 0.324. The van der Waals surface area contributed by atoms with Crippen molar-refractivity contribution in [2.75, 3.05) is 21.3 Å². The minimum absolute atomic E-state index is 0.0332. The smallest absolute Gasteiger partial charge is 0.206 e. The van der Waals surface area contributed by atoms with Crippen molar-refractivity contribution in [3.05, 3.63) is 47.0 Å². The van der Waals surface area contributed by atoms with Gasteiger partial charge in [-0.1, -0.05) is 11.3 Å². The van der Waals surface area contributed by atoms with Crippen molar-refractivity contribution in [2.45, 2.75) is 0 Å². The number of methoxy groups -OCH3 is 3. The van der Waals surface area contributed by atoms with Crippen molar-refractivity contribution >= 4 is 17.2 Å². The van der Waals surface area contributed by atoms with Crippen LogP contribution in [0, 0.1) is 10.8 Å². The third kappa shape index (κ3) is 3.16. The number of pyridine rings is 1. The Morgan fingerprint density at radius 3 is 2.19 bits per heavy atom. The molecule has 0 aliphatic carbocycles. The number of benzene rings is 1. The van der Waals surface area contributed by atoms with Crippen LogP contribution in [0.2, 0.25) is 0 Å². The first kappa shape index (κ1) is 17.6. The Morgan fingerprint density at radius 2 is 1.65 bits per heavy atom. The summed E-state index contributed by atoms with van der Waals surface area (Å²) < 4.78 is 17.2. The average molecular weight is 371 g/mol. The standard InChI is InChI=1S/C17H17N5O3S/c1-23-12-8-11(9-13(24-2)14(12)25-3)15(18)22-17(19)26-16(21-22)10-4-6-20-7-5-10/h4-9,18-19H,1-3H3. The van der Waals surface area contributed by atoms with Crippen molar-refractivity contribution in [1.82, 2.24) is 14.8 Å². The molecule has 2 heterocycles. The van der Waals surface area contributed by atoms with Crippen molar-refractivity contribution in [3.63, 3.8) is 0 Å². The van der Waals surface area contributed by atoms with Gasteiger partial charge in [-0.3, -0.25) is 15.8 Å². The van der Waals surface area contributed by atoms with Crippen LogP contribution >= 0.6 is 11.3 Å². The molecule has 1 aromatic carbocycles. The molecule has 2 N–H and O–H groups in total. The lowest BCUT2D eigenvalue weighted by atomic mass is 10.1. The van der Waals surface area contributed by atoms with Gasteiger partial charge in [0.05, 0.1) is 21.3 Å². The summed E-state index contributed by atoms with van der Waals surface area (Å²) >= 11 is 1.18. The van der Waals surface area contributed by atoms with Gasteiger partial charge >= 0.3 is 0 Å². The van der Waals surface area contributed by atoms with Crippen LogP contribution in [0.15, 0.2) is 36.7 Å². The van der Waals surface area contributed by atoms with Crippen LogP contribution in [-0.4, -0.2) is 41.9 Å². The molecule has 0 amide bonds. The Kier molecular flexibility index (Phi) is 4.99. The first-order valence-corrected chi connectivity index (χ1v) is 8.35. The second-order valence-corrected chi connectivity index (χ2v) is 6.10. The summed E-state index contributed by atoms with van der Waals surface area (Å²) in [5.41, 5.74) is 1.33. The second-order valence-electron chi connectivity index (χ2n) is 5.12. The number of hydrogen-bond donors (Lipinski definition) is 2. The number of hydrogen-bond acceptors (Lipinski definition) is 8. The van der Waals surface area contributed by atoms with E-state index in [1.165, 1.54) is 37.3 Å². The van der Waals surface area contributed by atoms with E-state index in [4.69, 9.17) is 25.0 Å². The van der Waals surface area contributed by atoms with E-state index in [9.17, 15) is 0 Å². The van der Waals surface area contributed by atoms with Crippen LogP contribution in [0.1, 0.15) is 5.56 Å². The first-order valence-electron chi connectivity index (χ1n) is 7.53. The molecule has 0 aliphatic heterocycles. The summed E-state index contributed by atoms with van der Waals surface area (Å²) in [5, 5.41) is 21.7. The summed E-state index contributed by atoms with van der Waals surface area (Å²) in [5.74, 6) is 1.34. The van der Waals surface area contributed by atoms with Gasteiger partial charge in [-0.25, -0.2) is 0 Å². The predicted octanol–water partition coefficient (Wildman–Crippen LogP) is 2.39. The van der Waals surface area contributed by atoms with E-state index in [0.29, 0.717) is 27.8 Å². The van der Waals surface area contributed by atoms with Crippen LogP contribution in [0.5, 0.6) is 17.2 Å². The van der Waals surface area contributed by atoms with Crippen molar-refractivity contribution in [2.24, 2.45) is 0 Å². The molecule has 0 spiro atoms. The zero-order valence-corrected chi connectivity index (χ0v) is 15.3. The lowest BCUT2D eigenvalue weighted by Crippen LogP contribution is -2.24. The van der Waals surface area contributed by atoms with Crippen molar-refractivity contribution < 1.29 is 14.2 Å². The number of nitrogens with zero attached hydrogens (tertiary/aromatic N) is 3. The maximum Gasteiger partial charge on any atom is 0.206 e. The lowest BCUT2D eigenvalue weighted by Gasteiger charge is -2.14. The van der Waals surface area contributed by atoms with Crippen LogP contribution < -0.4 is 19.0 Å². The van der Waals surface area contributed by atoms with Gasteiger partial charge in [0.2, 0.25) is 10.6 Å². The summed E-state index contributed by atoms with van der Waals surface area (Å²) in [6.07, 6.45) is 3.32. The molecule has 0 aliphatic rings. The fourth-order valence-corrected chi connectivity index (χ4v) is 3.17. The molecular weight excluding hydrogens is 354 g/mol. The van der Waals surface area contributed by atoms with Gasteiger partial charge in [-0.15, -0.1) is 0 Å². The second kappa shape index (κ2) is 7.36. The first-order chi connectivity index (χ1) is 12.6. The average Bonchev–Trinajstić information content (AvgIpc) is 3.08. The molecule has 2 aromatic heterocycles. The molecule has 0 unspecified atom stereocenters. The summed E-state index contributed by atoms with van der Waals surface area (Å²) in [7, 11) is 4.54. The summed E-state index contributed by atoms with van der Waals surface area (Å²) in [6, 6.07) is 6.93. The van der Waals surface area contributed by atoms with E-state index in [1.807, 2.05) is 12.1 Å². The van der Waals surface area contributed by atoms with Crippen LogP contribution in [-0.2, 0) is 0 Å². The molecule has 26 heavy (non-hydrogen) atoms. The van der Waals surface area contributed by atoms with Crippen LogP contribution in [0.4, 0.5) is 0 Å². The zero-order valence-electron chi connectivity index (χ0n) is 14.4. The number of nitrogens with one attached hydrogen (secondary N) is 2. The monoisotopic (exact) mass is 371 g/mol. The molecule has 9 heteroatoms. The molecule has 0 radical (unpaired) electrons. The summed E-state index contributed by atoms with van der Waals surface area (Å²) in [4.78, 5) is 4.11. The highest BCUT2D eigenvalue weighted by atomic mass is 32.1. The van der Waals surface area contributed by atoms with E-state index < -0.39 is 0 Å². The van der Waals surface area contributed by atoms with Crippen molar-refractivity contribution in [1.29, 1.82) is 10.8 Å². The van der Waals surface area contributed by atoms with E-state index in [0.717, 1.165) is 5.56 Å². The molecule has 3 rings (SSSR count). The molecule has 8 nitrogen and oxygen atoms in total. The van der Waals surface area contributed by atoms with E-state index in [2.05, 4.69) is 10.1 Å². The normalized spacial score (nSPS) is 10.4. The largest absolute Gasteiger partial charge is 0.493 e. The van der Waals surface area contributed by atoms with E-state index in [1.54, 1.807) is 24.5 Å². The van der Waals surface area contributed by atoms with Crippen LogP contribution in [0.3, 0.4) is 0 Å². The van der Waals surface area contributed by atoms with E-state index in [-0.39, 0.29) is 10.6 Å². The molecule has 0 fully saturated rings. The third-order valence-corrected chi connectivity index (χ3v) is 4.53. The fourth-order valence-electron chi connectivity index (χ4n) is 2.39. The molecule has 0 saturated heterocycles. The molecule has 0 atom stereocenters. The van der Waals surface area contributed by atoms with Gasteiger partial charge in [0.15, 0.2) is 17.3 Å². The molecule has 0 saturated carbocycles. The van der Waals surface area contributed by atoms with Gasteiger partial charge in [0.1, 0.15) is 5.01 Å². The Labute approximate surface area is 153 Å².